The lowest BCUT2D eigenvalue weighted by Crippen LogP contribution is -2.31. The maximum absolute atomic E-state index is 12.8. The molecule has 0 aliphatic heterocycles. The predicted octanol–water partition coefficient (Wildman–Crippen LogP) is 24.0. The van der Waals surface area contributed by atoms with Crippen molar-refractivity contribution in [1.29, 1.82) is 0 Å². The highest BCUT2D eigenvalue weighted by molar-refractivity contribution is 7.88. The summed E-state index contributed by atoms with van der Waals surface area (Å²) in [5, 5.41) is 0. The summed E-state index contributed by atoms with van der Waals surface area (Å²) in [7, 11) is -3.19. The zero-order valence-electron chi connectivity index (χ0n) is 70.0. The van der Waals surface area contributed by atoms with Crippen molar-refractivity contribution >= 4 is 27.9 Å². The smallest absolute Gasteiger partial charge is 0.305 e. The maximum Gasteiger partial charge on any atom is 0.305 e. The molecule has 0 saturated heterocycles. The van der Waals surface area contributed by atoms with E-state index in [1.807, 2.05) is 0 Å². The van der Waals surface area contributed by atoms with Gasteiger partial charge in [-0.15, -0.1) is 0 Å². The number of ether oxygens (including phenoxy) is 7. The van der Waals surface area contributed by atoms with Gasteiger partial charge in [-0.1, -0.05) is 298 Å². The van der Waals surface area contributed by atoms with E-state index in [0.29, 0.717) is 45.1 Å². The summed E-state index contributed by atoms with van der Waals surface area (Å²) in [6.45, 7) is 23.7. The first kappa shape index (κ1) is 102. The maximum atomic E-state index is 12.8. The highest BCUT2D eigenvalue weighted by atomic mass is 32.2. The van der Waals surface area contributed by atoms with Crippen LogP contribution < -0.4 is 4.72 Å². The van der Waals surface area contributed by atoms with E-state index in [0.717, 1.165) is 239 Å². The molecule has 0 saturated carbocycles. The number of hydrogen-bond donors (Lipinski definition) is 1. The molecule has 0 fully saturated rings. The molecule has 15 nitrogen and oxygen atoms in total. The van der Waals surface area contributed by atoms with Crippen LogP contribution in [0, 0.1) is 5.92 Å². The van der Waals surface area contributed by atoms with Crippen LogP contribution in [0.1, 0.15) is 433 Å². The zero-order chi connectivity index (χ0) is 75.8. The zero-order valence-corrected chi connectivity index (χ0v) is 70.8. The lowest BCUT2D eigenvalue weighted by molar-refractivity contribution is -0.148. The summed E-state index contributed by atoms with van der Waals surface area (Å²) < 4.78 is 68.2. The van der Waals surface area contributed by atoms with E-state index in [9.17, 15) is 22.8 Å². The van der Waals surface area contributed by atoms with Gasteiger partial charge in [0.25, 0.3) is 0 Å². The van der Waals surface area contributed by atoms with Crippen LogP contribution in [0.4, 0.5) is 0 Å². The van der Waals surface area contributed by atoms with Crippen LogP contribution in [0.5, 0.6) is 0 Å². The second-order valence-electron chi connectivity index (χ2n) is 31.1. The van der Waals surface area contributed by atoms with Gasteiger partial charge in [0, 0.05) is 59.3 Å². The van der Waals surface area contributed by atoms with Crippen LogP contribution in [-0.2, 0) is 57.6 Å². The lowest BCUT2D eigenvalue weighted by atomic mass is 9.91. The monoisotopic (exact) mass is 1500 g/mol. The first-order chi connectivity index (χ1) is 50.9. The molecule has 0 rings (SSSR count). The van der Waals surface area contributed by atoms with Gasteiger partial charge in [0.2, 0.25) is 10.0 Å². The van der Waals surface area contributed by atoms with Crippen LogP contribution in [0.25, 0.3) is 0 Å². The molecule has 0 aromatic rings. The molecular weight excluding hydrogens is 1320 g/mol. The summed E-state index contributed by atoms with van der Waals surface area (Å²) in [6.07, 6.45) is 71.7. The van der Waals surface area contributed by atoms with Crippen LogP contribution in [0.3, 0.4) is 0 Å². The number of carbonyl (C=O) groups is 3. The normalized spacial score (nSPS) is 12.6. The fourth-order valence-corrected chi connectivity index (χ4v) is 14.6. The number of nitrogens with zero attached hydrogens (tertiary/aromatic N) is 2. The van der Waals surface area contributed by atoms with Gasteiger partial charge in [-0.05, 0) is 154 Å². The molecule has 0 amide bonds. The fraction of sp³-hybridized carbons (Fsp3) is 0.966. The third kappa shape index (κ3) is 79.6. The second kappa shape index (κ2) is 82.1. The largest absolute Gasteiger partial charge is 0.466 e. The minimum atomic E-state index is -3.19. The molecule has 0 radical (unpaired) electrons. The van der Waals surface area contributed by atoms with Crippen molar-refractivity contribution in [2.45, 2.75) is 446 Å². The van der Waals surface area contributed by atoms with E-state index < -0.39 is 10.0 Å². The van der Waals surface area contributed by atoms with Crippen molar-refractivity contribution < 1.29 is 56.0 Å². The molecular formula is C88H175N3O12S. The highest BCUT2D eigenvalue weighted by Crippen LogP contribution is 2.24. The molecule has 16 heteroatoms. The van der Waals surface area contributed by atoms with Crippen molar-refractivity contribution in [2.24, 2.45) is 5.92 Å². The molecule has 2 unspecified atom stereocenters. The van der Waals surface area contributed by atoms with Gasteiger partial charge in [0.1, 0.15) is 6.61 Å². The Balaban J connectivity index is 4.69. The molecule has 0 aliphatic rings. The first-order valence-corrected chi connectivity index (χ1v) is 47.1. The molecule has 1 N–H and O–H groups in total. The molecule has 0 aromatic heterocycles. The molecule has 0 aromatic carbocycles. The van der Waals surface area contributed by atoms with Gasteiger partial charge in [0.15, 0.2) is 12.6 Å². The summed E-state index contributed by atoms with van der Waals surface area (Å²) in [6, 6.07) is 0. The lowest BCUT2D eigenvalue weighted by Gasteiger charge is -2.22. The third-order valence-corrected chi connectivity index (χ3v) is 21.5. The summed E-state index contributed by atoms with van der Waals surface area (Å²) >= 11 is 0. The molecule has 2 atom stereocenters. The Morgan fingerprint density at radius 3 is 0.923 bits per heavy atom. The number of sulfonamides is 1. The van der Waals surface area contributed by atoms with Gasteiger partial charge in [0.05, 0.1) is 19.5 Å². The minimum Gasteiger partial charge on any atom is -0.466 e. The van der Waals surface area contributed by atoms with Crippen molar-refractivity contribution in [1.82, 2.24) is 14.5 Å². The average Bonchev–Trinajstić information content (AvgIpc) is 2.56. The number of rotatable bonds is 88. The standard InChI is InChI=1S/C88H175N3O12S/c1-8-13-18-22-27-43-55-76-98-85(93)65-47-32-29-36-51-70-90(74-61-69-89-104(7,95)96)71-53-38-34-49-67-88(102-79-58-42-25-21-16-11-4)103-80-59-44-28-26-31-46-63-84(62-45-17-12-5)64-60-81-99-86(94)66-48-33-30-37-52-72-91(75-82-97-83(6)92)73-54-39-35-50-68-87(100-77-56-40-23-19-14-9-2)101-78-57-41-24-20-15-10-3/h84,87-89H,8-82H2,1-7H3. The van der Waals surface area contributed by atoms with Crippen molar-refractivity contribution in [3.63, 3.8) is 0 Å². The Hall–Kier alpha value is -1.92. The number of nitrogens with one attached hydrogen (secondary N) is 1. The SMILES string of the molecule is CCCCCCCCCOC(=O)CCCCCCCN(CCCCCCC(OCCCCCCCC)OCCCCCCCCC(CCCCC)CCCOC(=O)CCCCCCCN(CCCCCCC(OCCCCCCCC)OCCCCCCCC)CCOC(C)=O)CCCNS(C)(=O)=O. The Morgan fingerprint density at radius 1 is 0.288 bits per heavy atom. The van der Waals surface area contributed by atoms with Crippen molar-refractivity contribution in [2.75, 3.05) is 98.3 Å². The topological polar surface area (TPSA) is 168 Å². The summed E-state index contributed by atoms with van der Waals surface area (Å²) in [5.41, 5.74) is 0. The van der Waals surface area contributed by atoms with Crippen molar-refractivity contribution in [3.8, 4) is 0 Å². The highest BCUT2D eigenvalue weighted by Gasteiger charge is 2.16. The van der Waals surface area contributed by atoms with Crippen LogP contribution >= 0.6 is 0 Å². The Kier molecular flexibility index (Phi) is 80.5. The van der Waals surface area contributed by atoms with E-state index in [4.69, 9.17) is 33.2 Å². The Labute approximate surface area is 645 Å². The van der Waals surface area contributed by atoms with Crippen LogP contribution in [0.2, 0.25) is 0 Å². The quantitative estimate of drug-likeness (QED) is 0.0264. The van der Waals surface area contributed by atoms with E-state index in [-0.39, 0.29) is 30.5 Å². The fourth-order valence-electron chi connectivity index (χ4n) is 14.1. The Morgan fingerprint density at radius 2 is 0.558 bits per heavy atom. The van der Waals surface area contributed by atoms with E-state index in [1.54, 1.807) is 0 Å². The van der Waals surface area contributed by atoms with Crippen LogP contribution in [-0.4, -0.2) is 147 Å². The summed E-state index contributed by atoms with van der Waals surface area (Å²) in [4.78, 5) is 41.6. The number of carbonyl (C=O) groups excluding carboxylic acids is 3. The van der Waals surface area contributed by atoms with Gasteiger partial charge < -0.3 is 38.1 Å². The van der Waals surface area contributed by atoms with E-state index in [1.165, 1.54) is 219 Å². The molecule has 0 heterocycles. The average molecular weight is 1500 g/mol. The van der Waals surface area contributed by atoms with Gasteiger partial charge in [-0.25, -0.2) is 13.1 Å². The van der Waals surface area contributed by atoms with Crippen molar-refractivity contribution in [3.05, 3.63) is 0 Å². The molecule has 0 aliphatic carbocycles. The van der Waals surface area contributed by atoms with Gasteiger partial charge in [-0.3, -0.25) is 19.3 Å². The van der Waals surface area contributed by atoms with Gasteiger partial charge in [-0.2, -0.15) is 0 Å². The summed E-state index contributed by atoms with van der Waals surface area (Å²) in [5.74, 6) is 0.412. The van der Waals surface area contributed by atoms with E-state index in [2.05, 4.69) is 49.1 Å². The minimum absolute atomic E-state index is 0.0401. The second-order valence-corrected chi connectivity index (χ2v) is 32.9. The van der Waals surface area contributed by atoms with E-state index >= 15 is 0 Å². The number of unbranched alkanes of at least 4 members (excludes halogenated alkanes) is 42. The predicted molar refractivity (Wildman–Crippen MR) is 439 cm³/mol. The Bertz CT molecular complexity index is 1870. The number of esters is 3. The molecule has 104 heavy (non-hydrogen) atoms. The van der Waals surface area contributed by atoms with Gasteiger partial charge >= 0.3 is 17.9 Å². The van der Waals surface area contributed by atoms with Crippen LogP contribution in [0.15, 0.2) is 0 Å². The molecule has 0 spiro atoms. The number of hydrogen-bond acceptors (Lipinski definition) is 14. The first-order valence-electron chi connectivity index (χ1n) is 45.2. The third-order valence-electron chi connectivity index (χ3n) is 20.7. The molecule has 620 valence electrons. The molecule has 0 bridgehead atoms.